The molecule has 326 valence electrons. The van der Waals surface area contributed by atoms with E-state index in [9.17, 15) is 9.59 Å². The molecule has 2 amide bonds. The summed E-state index contributed by atoms with van der Waals surface area (Å²) < 4.78 is 9.99. The first-order chi connectivity index (χ1) is 32.5. The van der Waals surface area contributed by atoms with E-state index in [1.54, 1.807) is 0 Å². The van der Waals surface area contributed by atoms with Gasteiger partial charge >= 0.3 is 22.1 Å². The highest BCUT2D eigenvalue weighted by Gasteiger charge is 2.29. The molecule has 67 heavy (non-hydrogen) atoms. The number of hydrogen-bond acceptors (Lipinski definition) is 2. The molecule has 0 spiro atoms. The molecule has 1 aliphatic heterocycles. The van der Waals surface area contributed by atoms with Crippen molar-refractivity contribution < 1.29 is 9.59 Å². The van der Waals surface area contributed by atoms with Gasteiger partial charge in [-0.05, 0) is 142 Å². The van der Waals surface area contributed by atoms with Crippen LogP contribution in [-0.4, -0.2) is 11.8 Å². The van der Waals surface area contributed by atoms with Crippen LogP contribution < -0.4 is 29.4 Å². The molecule has 1 heterocycles. The zero-order valence-corrected chi connectivity index (χ0v) is 39.3. The second-order valence-electron chi connectivity index (χ2n) is 17.7. The van der Waals surface area contributed by atoms with E-state index in [4.69, 9.17) is 8.08 Å². The van der Waals surface area contributed by atoms with Crippen LogP contribution in [0, 0.1) is 27.7 Å². The lowest BCUT2D eigenvalue weighted by Crippen LogP contribution is -2.31. The zero-order chi connectivity index (χ0) is 46.3. The van der Waals surface area contributed by atoms with Crippen LogP contribution in [0.5, 0.6) is 0 Å². The third-order valence-corrected chi connectivity index (χ3v) is 13.8. The van der Waals surface area contributed by atoms with E-state index < -0.39 is 0 Å². The molecule has 2 N–H and O–H groups in total. The normalized spacial score (nSPS) is 12.4. The number of nitrogens with one attached hydrogen (secondary N) is 2. The Morgan fingerprint density at radius 3 is 1.12 bits per heavy atom. The quantitative estimate of drug-likeness (QED) is 0.134. The van der Waals surface area contributed by atoms with Gasteiger partial charge in [-0.2, -0.15) is 0 Å². The lowest BCUT2D eigenvalue weighted by Gasteiger charge is -2.18. The molecule has 0 radical (unpaired) electrons. The van der Waals surface area contributed by atoms with Gasteiger partial charge in [0.15, 0.2) is 0 Å². The van der Waals surface area contributed by atoms with Crippen molar-refractivity contribution in [2.45, 2.75) is 53.6 Å². The van der Waals surface area contributed by atoms with E-state index in [2.05, 4.69) is 120 Å². The molecular weight excluding hydrogens is 841 g/mol. The van der Waals surface area contributed by atoms with E-state index in [1.807, 2.05) is 102 Å². The van der Waals surface area contributed by atoms with Crippen LogP contribution in [0.2, 0.25) is 0 Å². The van der Waals surface area contributed by atoms with Gasteiger partial charge in [-0.1, -0.05) is 158 Å². The van der Waals surface area contributed by atoms with Crippen LogP contribution >= 0.6 is 0 Å². The monoisotopic (exact) mass is 890 g/mol. The van der Waals surface area contributed by atoms with E-state index in [1.165, 1.54) is 11.4 Å². The Morgan fingerprint density at radius 2 is 0.761 bits per heavy atom. The number of rotatable bonds is 10. The van der Waals surface area contributed by atoms with E-state index in [-0.39, 0.29) is 23.9 Å². The van der Waals surface area contributed by atoms with Crippen molar-refractivity contribution in [3.63, 3.8) is 0 Å². The molecule has 0 saturated heterocycles. The maximum Gasteiger partial charge on any atom is 0.700 e. The Hall–Kier alpha value is -7.92. The lowest BCUT2D eigenvalue weighted by atomic mass is 9.87. The van der Waals surface area contributed by atoms with Gasteiger partial charge in [-0.25, -0.2) is 0 Å². The first-order valence-electron chi connectivity index (χ1n) is 22.8. The number of benzene rings is 9. The summed E-state index contributed by atoms with van der Waals surface area (Å²) in [5.74, 6) is -0.157. The lowest BCUT2D eigenvalue weighted by molar-refractivity contribution is 0.0930. The van der Waals surface area contributed by atoms with Crippen LogP contribution in [-0.2, 0) is 11.4 Å². The fraction of sp³-hybridized carbons (Fsp3) is 0.133. The molecule has 7 heteroatoms. The maximum absolute atomic E-state index is 13.8. The molecule has 6 nitrogen and oxygen atoms in total. The Labute approximate surface area is 394 Å². The molecule has 9 aromatic rings. The molecule has 9 aromatic carbocycles. The standard InChI is InChI=1S/C60H48N4O2S/c1-35-31-45(32-36(2)53(35)59(65)61-39(5)41-17-9-7-10-18-41)47-25-13-21-43-23-15-27-49(55(43)47)51-29-30-52(58-57(51)63-67-64-58)50-28-16-24-44-22-14-26-48(56(44)50)46-33-37(3)54(38(4)34-46)60(66)62-40(6)42-19-11-8-12-20-42/h7-34,39-40H,1-6H3/p+2. The Kier molecular flexibility index (Phi) is 11.4. The van der Waals surface area contributed by atoms with Crippen LogP contribution in [0.25, 0.3) is 66.1 Å². The topological polar surface area (TPSA) is 86.4 Å². The molecule has 1 aliphatic rings. The van der Waals surface area contributed by atoms with E-state index in [0.29, 0.717) is 11.1 Å². The van der Waals surface area contributed by atoms with Crippen molar-refractivity contribution in [1.82, 2.24) is 18.7 Å². The smallest absolute Gasteiger partial charge is 0.346 e. The molecule has 10 rings (SSSR count). The van der Waals surface area contributed by atoms with Crippen LogP contribution in [0.3, 0.4) is 0 Å². The zero-order valence-electron chi connectivity index (χ0n) is 38.4. The average molecular weight is 891 g/mol. The highest BCUT2D eigenvalue weighted by Crippen LogP contribution is 2.40. The van der Waals surface area contributed by atoms with Gasteiger partial charge < -0.3 is 10.6 Å². The summed E-state index contributed by atoms with van der Waals surface area (Å²) in [6.07, 6.45) is 0. The predicted molar refractivity (Wildman–Crippen MR) is 276 cm³/mol. The van der Waals surface area contributed by atoms with Crippen molar-refractivity contribution in [1.29, 1.82) is 0 Å². The molecule has 0 bridgehead atoms. The van der Waals surface area contributed by atoms with Crippen molar-refractivity contribution in [2.24, 2.45) is 0 Å². The fourth-order valence-electron chi connectivity index (χ4n) is 10.1. The summed E-state index contributed by atoms with van der Waals surface area (Å²) in [4.78, 5) is 27.5. The summed E-state index contributed by atoms with van der Waals surface area (Å²) in [6, 6.07) is 58.6. The van der Waals surface area contributed by atoms with Crippen LogP contribution in [0.1, 0.15) is 80.0 Å². The summed E-state index contributed by atoms with van der Waals surface area (Å²) in [5.41, 5.74) is 15.6. The number of nitrogens with zero attached hydrogens (tertiary/aromatic N) is 2. The minimum absolute atomic E-state index is 0.0784. The van der Waals surface area contributed by atoms with Crippen LogP contribution in [0.4, 0.5) is 0 Å². The molecule has 2 atom stereocenters. The molecule has 0 saturated carbocycles. The summed E-state index contributed by atoms with van der Waals surface area (Å²) in [5, 5.41) is 12.6. The van der Waals surface area contributed by atoms with Crippen molar-refractivity contribution in [3.05, 3.63) is 225 Å². The first kappa shape index (κ1) is 43.0. The van der Waals surface area contributed by atoms with Gasteiger partial charge in [0, 0.05) is 11.1 Å². The van der Waals surface area contributed by atoms with Crippen molar-refractivity contribution in [3.8, 4) is 44.5 Å². The second-order valence-corrected chi connectivity index (χ2v) is 18.3. The van der Waals surface area contributed by atoms with E-state index in [0.717, 1.165) is 110 Å². The minimum Gasteiger partial charge on any atom is -0.346 e. The van der Waals surface area contributed by atoms with Crippen molar-refractivity contribution >= 4 is 44.7 Å². The fourth-order valence-corrected chi connectivity index (χ4v) is 10.6. The summed E-state index contributed by atoms with van der Waals surface area (Å²) in [6.45, 7) is 12.1. The average Bonchev–Trinajstić information content (AvgIpc) is 3.84. The van der Waals surface area contributed by atoms with Gasteiger partial charge in [0.2, 0.25) is 0 Å². The maximum atomic E-state index is 13.8. The molecular formula is C60H50N4O2S+2. The van der Waals surface area contributed by atoms with Crippen LogP contribution in [0.15, 0.2) is 170 Å². The third-order valence-electron chi connectivity index (χ3n) is 13.2. The Balaban J connectivity index is 1.03. The molecule has 0 fully saturated rings. The summed E-state index contributed by atoms with van der Waals surface area (Å²) in [7, 11) is 0. The highest BCUT2D eigenvalue weighted by atomic mass is 32.1. The predicted octanol–water partition coefficient (Wildman–Crippen LogP) is 11.7. The van der Waals surface area contributed by atoms with Gasteiger partial charge in [-0.15, -0.1) is 0 Å². The number of hydrogen-bond donors (Lipinski definition) is 2. The molecule has 2 unspecified atom stereocenters. The SMILES string of the molecule is Cc1cc(-c2cccc3cccc(-c4ccc(-c5cccc6cccc(-c7cc(C)c(C(=O)NC(C)c8ccccc8)c(C)c7)c56)c5c4=[N+]=S=[N+]=5)c23)cc(C)c1C(=O)NC(C)c1ccccc1. The first-order valence-corrected chi connectivity index (χ1v) is 23.5. The van der Waals surface area contributed by atoms with Gasteiger partial charge in [0.05, 0.1) is 31.3 Å². The largest absolute Gasteiger partial charge is 0.700 e. The van der Waals surface area contributed by atoms with Gasteiger partial charge in [-0.3, -0.25) is 9.59 Å². The molecule has 0 aliphatic carbocycles. The number of carbonyl (C=O) groups is 2. The van der Waals surface area contributed by atoms with E-state index >= 15 is 0 Å². The number of fused-ring (bicyclic) bond motifs is 3. The number of aryl methyl sites for hydroxylation is 4. The summed E-state index contributed by atoms with van der Waals surface area (Å²) >= 11 is 1.23. The highest BCUT2D eigenvalue weighted by molar-refractivity contribution is 7.55. The molecule has 0 aromatic heterocycles. The Bertz CT molecular complexity index is 3420. The van der Waals surface area contributed by atoms with Gasteiger partial charge in [0.1, 0.15) is 0 Å². The Morgan fingerprint density at radius 1 is 0.418 bits per heavy atom. The van der Waals surface area contributed by atoms with Crippen molar-refractivity contribution in [2.75, 3.05) is 0 Å². The minimum atomic E-state index is -0.124. The number of amides is 2. The third kappa shape index (κ3) is 8.00. The second kappa shape index (κ2) is 17.8. The van der Waals surface area contributed by atoms with Gasteiger partial charge in [0.25, 0.3) is 11.8 Å². The number of carbonyl (C=O) groups excluding carboxylic acids is 2.